The summed E-state index contributed by atoms with van der Waals surface area (Å²) in [6, 6.07) is 11.8. The summed E-state index contributed by atoms with van der Waals surface area (Å²) in [5.74, 6) is -0.158. The Morgan fingerprint density at radius 1 is 1.06 bits per heavy atom. The fourth-order valence-electron chi connectivity index (χ4n) is 3.31. The second-order valence-electron chi connectivity index (χ2n) is 7.45. The number of ether oxygens (including phenoxy) is 1. The standard InChI is InChI=1S/C23H32N4O5S/c1-5-27(6-2)33(30,31)20-12-7-17(3)21(15-20)25-23(29)16-26(14-13-22(24)28)18-8-10-19(32-4)11-9-18/h7-12,15H,5-6,13-14,16H2,1-4H3,(H2,24,28)(H,25,29). The molecule has 2 aromatic rings. The molecule has 0 heterocycles. The maximum absolute atomic E-state index is 12.9. The summed E-state index contributed by atoms with van der Waals surface area (Å²) in [6.07, 6.45) is 0.0793. The number of nitrogens with two attached hydrogens (primary N) is 1. The molecular formula is C23H32N4O5S. The molecule has 0 aliphatic rings. The van der Waals surface area contributed by atoms with E-state index in [-0.39, 0.29) is 30.3 Å². The van der Waals surface area contributed by atoms with Crippen molar-refractivity contribution in [2.45, 2.75) is 32.1 Å². The zero-order chi connectivity index (χ0) is 24.6. The normalized spacial score (nSPS) is 11.3. The number of aryl methyl sites for hydroxylation is 1. The largest absolute Gasteiger partial charge is 0.497 e. The van der Waals surface area contributed by atoms with Gasteiger partial charge in [0.2, 0.25) is 21.8 Å². The summed E-state index contributed by atoms with van der Waals surface area (Å²) in [6.45, 7) is 6.25. The average Bonchev–Trinajstić information content (AvgIpc) is 2.78. The van der Waals surface area contributed by atoms with Crippen LogP contribution in [0.3, 0.4) is 0 Å². The fourth-order valence-corrected chi connectivity index (χ4v) is 4.79. The minimum Gasteiger partial charge on any atom is -0.497 e. The van der Waals surface area contributed by atoms with Gasteiger partial charge in [0.05, 0.1) is 18.6 Å². The number of nitrogens with zero attached hydrogens (tertiary/aromatic N) is 2. The van der Waals surface area contributed by atoms with Gasteiger partial charge in [0, 0.05) is 37.4 Å². The number of rotatable bonds is 12. The summed E-state index contributed by atoms with van der Waals surface area (Å²) < 4.78 is 32.2. The molecule has 10 heteroatoms. The molecule has 3 N–H and O–H groups in total. The van der Waals surface area contributed by atoms with Gasteiger partial charge in [0.25, 0.3) is 0 Å². The van der Waals surface area contributed by atoms with Crippen molar-refractivity contribution < 1.29 is 22.7 Å². The zero-order valence-corrected chi connectivity index (χ0v) is 20.3. The third-order valence-corrected chi connectivity index (χ3v) is 7.27. The van der Waals surface area contributed by atoms with Crippen LogP contribution in [0.5, 0.6) is 5.75 Å². The number of sulfonamides is 1. The highest BCUT2D eigenvalue weighted by Gasteiger charge is 2.23. The number of carbonyl (C=O) groups is 2. The van der Waals surface area contributed by atoms with E-state index in [9.17, 15) is 18.0 Å². The highest BCUT2D eigenvalue weighted by Crippen LogP contribution is 2.24. The number of anilines is 2. The smallest absolute Gasteiger partial charge is 0.243 e. The molecule has 0 spiro atoms. The van der Waals surface area contributed by atoms with Crippen molar-refractivity contribution in [2.75, 3.05) is 43.5 Å². The molecule has 0 radical (unpaired) electrons. The van der Waals surface area contributed by atoms with Crippen LogP contribution >= 0.6 is 0 Å². The first kappa shape index (κ1) is 26.1. The summed E-state index contributed by atoms with van der Waals surface area (Å²) in [4.78, 5) is 26.0. The Balaban J connectivity index is 2.24. The van der Waals surface area contributed by atoms with Gasteiger partial charge in [-0.3, -0.25) is 9.59 Å². The Morgan fingerprint density at radius 3 is 2.24 bits per heavy atom. The van der Waals surface area contributed by atoms with Crippen LogP contribution < -0.4 is 20.7 Å². The number of primary amides is 1. The van der Waals surface area contributed by atoms with Crippen LogP contribution in [0.1, 0.15) is 25.8 Å². The Hall–Kier alpha value is -3.11. The molecule has 2 amide bonds. The van der Waals surface area contributed by atoms with Crippen LogP contribution in [-0.2, 0) is 19.6 Å². The van der Waals surface area contributed by atoms with Crippen LogP contribution in [0.15, 0.2) is 47.4 Å². The van der Waals surface area contributed by atoms with Crippen LogP contribution in [0.4, 0.5) is 11.4 Å². The third kappa shape index (κ3) is 6.93. The Labute approximate surface area is 195 Å². The number of nitrogens with one attached hydrogen (secondary N) is 1. The molecule has 180 valence electrons. The Kier molecular flexibility index (Phi) is 9.24. The topological polar surface area (TPSA) is 122 Å². The molecule has 2 aromatic carbocycles. The molecule has 0 aliphatic carbocycles. The van der Waals surface area contributed by atoms with Crippen molar-refractivity contribution in [1.29, 1.82) is 0 Å². The maximum Gasteiger partial charge on any atom is 0.243 e. The number of methoxy groups -OCH3 is 1. The van der Waals surface area contributed by atoms with Gasteiger partial charge in [-0.25, -0.2) is 8.42 Å². The van der Waals surface area contributed by atoms with Gasteiger partial charge in [-0.1, -0.05) is 19.9 Å². The lowest BCUT2D eigenvalue weighted by Gasteiger charge is -2.24. The number of carbonyl (C=O) groups excluding carboxylic acids is 2. The van der Waals surface area contributed by atoms with E-state index >= 15 is 0 Å². The SMILES string of the molecule is CCN(CC)S(=O)(=O)c1ccc(C)c(NC(=O)CN(CCC(N)=O)c2ccc(OC)cc2)c1. The lowest BCUT2D eigenvalue weighted by Crippen LogP contribution is -2.35. The molecular weight excluding hydrogens is 444 g/mol. The minimum absolute atomic E-state index is 0.0495. The molecule has 0 unspecified atom stereocenters. The number of hydrogen-bond donors (Lipinski definition) is 2. The Morgan fingerprint density at radius 2 is 1.70 bits per heavy atom. The van der Waals surface area contributed by atoms with E-state index in [0.717, 1.165) is 11.3 Å². The van der Waals surface area contributed by atoms with E-state index in [0.29, 0.717) is 24.5 Å². The first-order chi connectivity index (χ1) is 15.6. The number of benzene rings is 2. The number of amides is 2. The first-order valence-corrected chi connectivity index (χ1v) is 12.1. The molecule has 0 saturated carbocycles. The zero-order valence-electron chi connectivity index (χ0n) is 19.5. The molecule has 0 saturated heterocycles. The van der Waals surface area contributed by atoms with Gasteiger partial charge in [0.15, 0.2) is 0 Å². The van der Waals surface area contributed by atoms with Gasteiger partial charge in [-0.15, -0.1) is 0 Å². The lowest BCUT2D eigenvalue weighted by molar-refractivity contribution is -0.118. The Bertz CT molecular complexity index is 1070. The molecule has 2 rings (SSSR count). The molecule has 0 bridgehead atoms. The predicted molar refractivity (Wildman–Crippen MR) is 129 cm³/mol. The molecule has 0 atom stereocenters. The number of hydrogen-bond acceptors (Lipinski definition) is 6. The van der Waals surface area contributed by atoms with Crippen LogP contribution in [0, 0.1) is 6.92 Å². The minimum atomic E-state index is -3.66. The summed E-state index contributed by atoms with van der Waals surface area (Å²) >= 11 is 0. The van der Waals surface area contributed by atoms with E-state index in [1.807, 2.05) is 0 Å². The van der Waals surface area contributed by atoms with Crippen LogP contribution in [0.25, 0.3) is 0 Å². The van der Waals surface area contributed by atoms with E-state index in [1.165, 1.54) is 16.4 Å². The van der Waals surface area contributed by atoms with Crippen molar-refractivity contribution in [3.63, 3.8) is 0 Å². The third-order valence-electron chi connectivity index (χ3n) is 5.23. The summed E-state index contributed by atoms with van der Waals surface area (Å²) in [5, 5.41) is 2.80. The van der Waals surface area contributed by atoms with E-state index in [2.05, 4.69) is 5.32 Å². The molecule has 9 nitrogen and oxygen atoms in total. The van der Waals surface area contributed by atoms with Crippen molar-refractivity contribution in [3.05, 3.63) is 48.0 Å². The lowest BCUT2D eigenvalue weighted by atomic mass is 10.2. The van der Waals surface area contributed by atoms with Crippen LogP contribution in [0.2, 0.25) is 0 Å². The quantitative estimate of drug-likeness (QED) is 0.485. The first-order valence-electron chi connectivity index (χ1n) is 10.7. The molecule has 0 fully saturated rings. The second-order valence-corrected chi connectivity index (χ2v) is 9.39. The van der Waals surface area contributed by atoms with Crippen LogP contribution in [-0.4, -0.2) is 57.8 Å². The fraction of sp³-hybridized carbons (Fsp3) is 0.391. The highest BCUT2D eigenvalue weighted by molar-refractivity contribution is 7.89. The van der Waals surface area contributed by atoms with E-state index in [4.69, 9.17) is 10.5 Å². The maximum atomic E-state index is 12.9. The van der Waals surface area contributed by atoms with Crippen molar-refractivity contribution >= 4 is 33.2 Å². The summed E-state index contributed by atoms with van der Waals surface area (Å²) in [7, 11) is -2.10. The monoisotopic (exact) mass is 476 g/mol. The van der Waals surface area contributed by atoms with Gasteiger partial charge in [-0.05, 0) is 48.9 Å². The molecule has 0 aromatic heterocycles. The average molecular weight is 477 g/mol. The van der Waals surface area contributed by atoms with E-state index in [1.54, 1.807) is 63.1 Å². The van der Waals surface area contributed by atoms with Crippen molar-refractivity contribution in [2.24, 2.45) is 5.73 Å². The van der Waals surface area contributed by atoms with Gasteiger partial charge in [0.1, 0.15) is 5.75 Å². The van der Waals surface area contributed by atoms with Crippen molar-refractivity contribution in [1.82, 2.24) is 4.31 Å². The molecule has 33 heavy (non-hydrogen) atoms. The van der Waals surface area contributed by atoms with Gasteiger partial charge in [-0.2, -0.15) is 4.31 Å². The van der Waals surface area contributed by atoms with Crippen molar-refractivity contribution in [3.8, 4) is 5.75 Å². The van der Waals surface area contributed by atoms with Gasteiger partial charge >= 0.3 is 0 Å². The second kappa shape index (κ2) is 11.7. The highest BCUT2D eigenvalue weighted by atomic mass is 32.2. The van der Waals surface area contributed by atoms with E-state index < -0.39 is 15.9 Å². The summed E-state index contributed by atoms with van der Waals surface area (Å²) in [5.41, 5.74) is 7.17. The predicted octanol–water partition coefficient (Wildman–Crippen LogP) is 2.35. The molecule has 0 aliphatic heterocycles. The van der Waals surface area contributed by atoms with Gasteiger partial charge < -0.3 is 20.7 Å².